The molecule has 1 aromatic heterocycles. The topological polar surface area (TPSA) is 62.3 Å². The molecule has 0 spiro atoms. The first kappa shape index (κ1) is 9.51. The van der Waals surface area contributed by atoms with Crippen molar-refractivity contribution in [2.24, 2.45) is 0 Å². The van der Waals surface area contributed by atoms with Crippen molar-refractivity contribution in [2.45, 2.75) is 0 Å². The number of halogens is 1. The Balaban J connectivity index is 2.72. The number of H-pyrrole nitrogens is 1. The summed E-state index contributed by atoms with van der Waals surface area (Å²) < 4.78 is 18.4. The van der Waals surface area contributed by atoms with Crippen LogP contribution in [-0.4, -0.2) is 23.2 Å². The Labute approximate surface area is 84.3 Å². The van der Waals surface area contributed by atoms with E-state index < -0.39 is 17.5 Å². The van der Waals surface area contributed by atoms with Gasteiger partial charge in [-0.25, -0.2) is 9.18 Å². The molecule has 1 heterocycles. The van der Waals surface area contributed by atoms with Crippen molar-refractivity contribution in [3.05, 3.63) is 29.7 Å². The first-order valence-corrected chi connectivity index (χ1v) is 4.22. The SMILES string of the molecule is COc1ccc2[nH]c(C(=O)O)c(F)c2c1. The van der Waals surface area contributed by atoms with Crippen LogP contribution >= 0.6 is 0 Å². The minimum absolute atomic E-state index is 0.215. The fraction of sp³-hybridized carbons (Fsp3) is 0.100. The molecule has 0 aliphatic rings. The zero-order valence-electron chi connectivity index (χ0n) is 7.87. The molecular weight excluding hydrogens is 201 g/mol. The molecule has 2 N–H and O–H groups in total. The molecule has 0 atom stereocenters. The number of rotatable bonds is 2. The summed E-state index contributed by atoms with van der Waals surface area (Å²) in [7, 11) is 1.46. The lowest BCUT2D eigenvalue weighted by Gasteiger charge is -1.97. The van der Waals surface area contributed by atoms with Crippen molar-refractivity contribution in [1.82, 2.24) is 4.98 Å². The number of aromatic amines is 1. The van der Waals surface area contributed by atoms with Crippen LogP contribution in [0.2, 0.25) is 0 Å². The highest BCUT2D eigenvalue weighted by Gasteiger charge is 2.17. The zero-order valence-corrected chi connectivity index (χ0v) is 7.87. The number of ether oxygens (including phenoxy) is 1. The number of fused-ring (bicyclic) bond motifs is 1. The van der Waals surface area contributed by atoms with Gasteiger partial charge < -0.3 is 14.8 Å². The molecule has 0 amide bonds. The monoisotopic (exact) mass is 209 g/mol. The fourth-order valence-electron chi connectivity index (χ4n) is 1.41. The van der Waals surface area contributed by atoms with Gasteiger partial charge in [0.2, 0.25) is 0 Å². The van der Waals surface area contributed by atoms with Crippen molar-refractivity contribution >= 4 is 16.9 Å². The first-order chi connectivity index (χ1) is 7.13. The number of methoxy groups -OCH3 is 1. The number of benzene rings is 1. The Morgan fingerprint density at radius 3 is 2.87 bits per heavy atom. The third-order valence-corrected chi connectivity index (χ3v) is 2.16. The minimum atomic E-state index is -1.32. The van der Waals surface area contributed by atoms with Gasteiger partial charge in [-0.2, -0.15) is 0 Å². The van der Waals surface area contributed by atoms with Gasteiger partial charge in [-0.3, -0.25) is 0 Å². The van der Waals surface area contributed by atoms with E-state index in [0.29, 0.717) is 11.3 Å². The van der Waals surface area contributed by atoms with Gasteiger partial charge in [0.05, 0.1) is 7.11 Å². The lowest BCUT2D eigenvalue weighted by atomic mass is 10.2. The average Bonchev–Trinajstić information content (AvgIpc) is 2.56. The van der Waals surface area contributed by atoms with Crippen molar-refractivity contribution in [1.29, 1.82) is 0 Å². The van der Waals surface area contributed by atoms with Crippen molar-refractivity contribution in [3.63, 3.8) is 0 Å². The third-order valence-electron chi connectivity index (χ3n) is 2.16. The average molecular weight is 209 g/mol. The van der Waals surface area contributed by atoms with Gasteiger partial charge in [0.15, 0.2) is 11.5 Å². The van der Waals surface area contributed by atoms with Crippen molar-refractivity contribution < 1.29 is 19.0 Å². The van der Waals surface area contributed by atoms with Gasteiger partial charge in [-0.15, -0.1) is 0 Å². The van der Waals surface area contributed by atoms with Crippen LogP contribution in [-0.2, 0) is 0 Å². The second-order valence-corrected chi connectivity index (χ2v) is 3.03. The number of aromatic nitrogens is 1. The van der Waals surface area contributed by atoms with E-state index in [4.69, 9.17) is 9.84 Å². The maximum absolute atomic E-state index is 13.5. The van der Waals surface area contributed by atoms with E-state index in [-0.39, 0.29) is 5.39 Å². The number of hydrogen-bond donors (Lipinski definition) is 2. The molecule has 4 nitrogen and oxygen atoms in total. The normalized spacial score (nSPS) is 10.5. The molecule has 1 aromatic carbocycles. The highest BCUT2D eigenvalue weighted by molar-refractivity contribution is 5.94. The predicted octanol–water partition coefficient (Wildman–Crippen LogP) is 2.01. The van der Waals surface area contributed by atoms with Gasteiger partial charge in [-0.1, -0.05) is 0 Å². The van der Waals surface area contributed by atoms with E-state index in [1.165, 1.54) is 13.2 Å². The lowest BCUT2D eigenvalue weighted by molar-refractivity contribution is 0.0686. The van der Waals surface area contributed by atoms with E-state index in [0.717, 1.165) is 0 Å². The molecule has 0 saturated heterocycles. The summed E-state index contributed by atoms with van der Waals surface area (Å²) in [4.78, 5) is 13.1. The van der Waals surface area contributed by atoms with Crippen LogP contribution in [0.1, 0.15) is 10.5 Å². The molecule has 0 aliphatic carbocycles. The van der Waals surface area contributed by atoms with Crippen LogP contribution < -0.4 is 4.74 Å². The highest BCUT2D eigenvalue weighted by Crippen LogP contribution is 2.25. The Morgan fingerprint density at radius 2 is 2.27 bits per heavy atom. The Bertz CT molecular complexity index is 533. The number of carbonyl (C=O) groups is 1. The molecule has 15 heavy (non-hydrogen) atoms. The molecular formula is C10H8FNO3. The second-order valence-electron chi connectivity index (χ2n) is 3.03. The number of carboxylic acids is 1. The van der Waals surface area contributed by atoms with Crippen molar-refractivity contribution in [2.75, 3.05) is 7.11 Å². The third kappa shape index (κ3) is 1.41. The maximum atomic E-state index is 13.5. The number of hydrogen-bond acceptors (Lipinski definition) is 2. The van der Waals surface area contributed by atoms with E-state index in [1.807, 2.05) is 0 Å². The fourth-order valence-corrected chi connectivity index (χ4v) is 1.41. The van der Waals surface area contributed by atoms with Crippen LogP contribution in [0.15, 0.2) is 18.2 Å². The quantitative estimate of drug-likeness (QED) is 0.795. The van der Waals surface area contributed by atoms with E-state index >= 15 is 0 Å². The van der Waals surface area contributed by atoms with Crippen LogP contribution in [0.5, 0.6) is 5.75 Å². The Morgan fingerprint density at radius 1 is 1.53 bits per heavy atom. The largest absolute Gasteiger partial charge is 0.497 e. The Hall–Kier alpha value is -2.04. The van der Waals surface area contributed by atoms with Crippen molar-refractivity contribution in [3.8, 4) is 5.75 Å². The van der Waals surface area contributed by atoms with Gasteiger partial charge in [0.25, 0.3) is 0 Å². The zero-order chi connectivity index (χ0) is 11.0. The summed E-state index contributed by atoms with van der Waals surface area (Å²) in [6.45, 7) is 0. The number of nitrogens with one attached hydrogen (secondary N) is 1. The summed E-state index contributed by atoms with van der Waals surface area (Å²) in [6.07, 6.45) is 0. The first-order valence-electron chi connectivity index (χ1n) is 4.22. The molecule has 0 fully saturated rings. The predicted molar refractivity (Wildman–Crippen MR) is 51.8 cm³/mol. The summed E-state index contributed by atoms with van der Waals surface area (Å²) in [5.74, 6) is -1.60. The van der Waals surface area contributed by atoms with Crippen LogP contribution in [0, 0.1) is 5.82 Å². The molecule has 0 aliphatic heterocycles. The summed E-state index contributed by atoms with van der Waals surface area (Å²) >= 11 is 0. The van der Waals surface area contributed by atoms with Crippen LogP contribution in [0.25, 0.3) is 10.9 Å². The highest BCUT2D eigenvalue weighted by atomic mass is 19.1. The molecule has 2 rings (SSSR count). The number of aromatic carboxylic acids is 1. The van der Waals surface area contributed by atoms with E-state index in [9.17, 15) is 9.18 Å². The summed E-state index contributed by atoms with van der Waals surface area (Å²) in [5, 5.41) is 8.91. The van der Waals surface area contributed by atoms with Gasteiger partial charge in [0.1, 0.15) is 5.75 Å². The molecule has 78 valence electrons. The van der Waals surface area contributed by atoms with E-state index in [1.54, 1.807) is 12.1 Å². The minimum Gasteiger partial charge on any atom is -0.497 e. The smallest absolute Gasteiger partial charge is 0.355 e. The molecule has 2 aromatic rings. The molecule has 0 saturated carbocycles. The van der Waals surface area contributed by atoms with Crippen LogP contribution in [0.3, 0.4) is 0 Å². The standard InChI is InChI=1S/C10H8FNO3/c1-15-5-2-3-7-6(4-5)8(11)9(12-7)10(13)14/h2-4,12H,1H3,(H,13,14). The molecule has 0 unspecified atom stereocenters. The lowest BCUT2D eigenvalue weighted by Crippen LogP contribution is -1.98. The second kappa shape index (κ2) is 3.27. The summed E-state index contributed by atoms with van der Waals surface area (Å²) in [5.41, 5.74) is 0.00366. The van der Waals surface area contributed by atoms with Crippen LogP contribution in [0.4, 0.5) is 4.39 Å². The molecule has 0 radical (unpaired) electrons. The van der Waals surface area contributed by atoms with Gasteiger partial charge in [-0.05, 0) is 18.2 Å². The maximum Gasteiger partial charge on any atom is 0.355 e. The Kier molecular flexibility index (Phi) is 2.07. The van der Waals surface area contributed by atoms with Gasteiger partial charge in [0, 0.05) is 10.9 Å². The molecule has 0 bridgehead atoms. The number of carboxylic acid groups (broad SMARTS) is 1. The van der Waals surface area contributed by atoms with Gasteiger partial charge >= 0.3 is 5.97 Å². The molecule has 5 heteroatoms. The summed E-state index contributed by atoms with van der Waals surface area (Å²) in [6, 6.07) is 4.65. The van der Waals surface area contributed by atoms with E-state index in [2.05, 4.69) is 4.98 Å².